The van der Waals surface area contributed by atoms with Crippen molar-refractivity contribution >= 4 is 27.3 Å². The molecule has 0 aliphatic carbocycles. The van der Waals surface area contributed by atoms with Crippen molar-refractivity contribution < 1.29 is 4.79 Å². The number of aryl methyl sites for hydroxylation is 2. The lowest BCUT2D eigenvalue weighted by Gasteiger charge is -2.30. The van der Waals surface area contributed by atoms with Gasteiger partial charge in [-0.05, 0) is 37.3 Å². The first kappa shape index (κ1) is 21.6. The Morgan fingerprint density at radius 3 is 2.42 bits per heavy atom. The molecule has 0 spiro atoms. The summed E-state index contributed by atoms with van der Waals surface area (Å²) in [6.45, 7) is 6.50. The van der Waals surface area contributed by atoms with Crippen molar-refractivity contribution in [1.29, 1.82) is 0 Å². The molecule has 1 saturated heterocycles. The summed E-state index contributed by atoms with van der Waals surface area (Å²) in [7, 11) is 0. The number of imidazole rings is 1. The Morgan fingerprint density at radius 1 is 1.06 bits per heavy atom. The van der Waals surface area contributed by atoms with Crippen molar-refractivity contribution in [2.45, 2.75) is 39.7 Å². The molecule has 3 heterocycles. The minimum Gasteiger partial charge on any atom is -0.352 e. The largest absolute Gasteiger partial charge is 0.352 e. The molecule has 0 radical (unpaired) electrons. The highest BCUT2D eigenvalue weighted by Gasteiger charge is 2.26. The second-order valence-corrected chi connectivity index (χ2v) is 9.69. The predicted octanol–water partition coefficient (Wildman–Crippen LogP) is 4.86. The molecule has 5 rings (SSSR count). The molecule has 1 aliphatic rings. The standard InChI is InChI=1S/C26H29N5OS/c1-3-19-6-8-20(9-7-19)16-27-24(32)22-12-14-30(15-13-22)26-29-31-17-23(28-25(31)33-26)21-10-4-18(2)5-11-21/h4-11,17,22H,3,12-16H2,1-2H3,(H,27,32). The number of nitrogens with zero attached hydrogens (tertiary/aromatic N) is 4. The molecule has 1 fully saturated rings. The van der Waals surface area contributed by atoms with Gasteiger partial charge >= 0.3 is 0 Å². The first-order valence-corrected chi connectivity index (χ1v) is 12.4. The fraction of sp³-hybridized carbons (Fsp3) is 0.346. The zero-order valence-corrected chi connectivity index (χ0v) is 19.9. The van der Waals surface area contributed by atoms with Crippen molar-refractivity contribution in [3.05, 3.63) is 71.4 Å². The highest BCUT2D eigenvalue weighted by Crippen LogP contribution is 2.29. The quantitative estimate of drug-likeness (QED) is 0.447. The second kappa shape index (κ2) is 9.35. The summed E-state index contributed by atoms with van der Waals surface area (Å²) in [5.74, 6) is 0.222. The molecule has 2 aromatic heterocycles. The SMILES string of the molecule is CCc1ccc(CNC(=O)C2CCN(c3nn4cc(-c5ccc(C)cc5)nc4s3)CC2)cc1. The van der Waals surface area contributed by atoms with Gasteiger partial charge in [-0.25, -0.2) is 9.50 Å². The third-order valence-corrected chi connectivity index (χ3v) is 7.40. The van der Waals surface area contributed by atoms with Crippen molar-refractivity contribution in [2.24, 2.45) is 5.92 Å². The molecular weight excluding hydrogens is 430 g/mol. The average Bonchev–Trinajstić information content (AvgIpc) is 3.43. The minimum absolute atomic E-state index is 0.0633. The predicted molar refractivity (Wildman–Crippen MR) is 134 cm³/mol. The van der Waals surface area contributed by atoms with E-state index in [1.54, 1.807) is 11.3 Å². The Hall–Kier alpha value is -3.19. The van der Waals surface area contributed by atoms with E-state index in [-0.39, 0.29) is 11.8 Å². The van der Waals surface area contributed by atoms with Crippen LogP contribution in [-0.2, 0) is 17.8 Å². The van der Waals surface area contributed by atoms with E-state index in [2.05, 4.69) is 72.6 Å². The van der Waals surface area contributed by atoms with E-state index in [1.807, 2.05) is 10.7 Å². The van der Waals surface area contributed by atoms with Crippen molar-refractivity contribution in [1.82, 2.24) is 19.9 Å². The van der Waals surface area contributed by atoms with E-state index in [9.17, 15) is 4.79 Å². The first-order valence-electron chi connectivity index (χ1n) is 11.6. The van der Waals surface area contributed by atoms with Crippen LogP contribution in [0.4, 0.5) is 5.13 Å². The summed E-state index contributed by atoms with van der Waals surface area (Å²) in [4.78, 5) is 20.6. The molecule has 0 atom stereocenters. The number of carbonyl (C=O) groups excluding carboxylic acids is 1. The Balaban J connectivity index is 1.16. The number of fused-ring (bicyclic) bond motifs is 1. The molecule has 6 nitrogen and oxygen atoms in total. The lowest BCUT2D eigenvalue weighted by Crippen LogP contribution is -2.40. The number of amides is 1. The summed E-state index contributed by atoms with van der Waals surface area (Å²) in [5, 5.41) is 8.85. The van der Waals surface area contributed by atoms with Crippen LogP contribution in [0.3, 0.4) is 0 Å². The monoisotopic (exact) mass is 459 g/mol. The van der Waals surface area contributed by atoms with Gasteiger partial charge in [0.15, 0.2) is 0 Å². The van der Waals surface area contributed by atoms with Crippen LogP contribution >= 0.6 is 11.3 Å². The first-order chi connectivity index (χ1) is 16.1. The summed E-state index contributed by atoms with van der Waals surface area (Å²) >= 11 is 1.61. The average molecular weight is 460 g/mol. The molecule has 2 aromatic carbocycles. The van der Waals surface area contributed by atoms with Gasteiger partial charge in [-0.3, -0.25) is 4.79 Å². The summed E-state index contributed by atoms with van der Waals surface area (Å²) in [5.41, 5.74) is 5.75. The van der Waals surface area contributed by atoms with Gasteiger partial charge in [0.25, 0.3) is 0 Å². The molecule has 1 amide bonds. The molecule has 0 bridgehead atoms. The van der Waals surface area contributed by atoms with E-state index in [1.165, 1.54) is 11.1 Å². The number of rotatable bonds is 6. The van der Waals surface area contributed by atoms with Crippen molar-refractivity contribution in [3.8, 4) is 11.3 Å². The molecule has 1 aliphatic heterocycles. The van der Waals surface area contributed by atoms with Gasteiger partial charge in [-0.15, -0.1) is 5.10 Å². The Kier molecular flexibility index (Phi) is 6.13. The van der Waals surface area contributed by atoms with Crippen LogP contribution in [0.2, 0.25) is 0 Å². The van der Waals surface area contributed by atoms with E-state index in [0.29, 0.717) is 6.54 Å². The van der Waals surface area contributed by atoms with Gasteiger partial charge in [0.2, 0.25) is 16.0 Å². The number of benzene rings is 2. The molecule has 1 N–H and O–H groups in total. The molecule has 7 heteroatoms. The van der Waals surface area contributed by atoms with Crippen LogP contribution in [-0.4, -0.2) is 33.6 Å². The van der Waals surface area contributed by atoms with Crippen molar-refractivity contribution in [3.63, 3.8) is 0 Å². The van der Waals surface area contributed by atoms with E-state index < -0.39 is 0 Å². The molecule has 0 saturated carbocycles. The van der Waals surface area contributed by atoms with Gasteiger partial charge in [-0.2, -0.15) is 0 Å². The number of hydrogen-bond donors (Lipinski definition) is 1. The number of nitrogens with one attached hydrogen (secondary N) is 1. The van der Waals surface area contributed by atoms with E-state index >= 15 is 0 Å². The number of piperidine rings is 1. The van der Waals surface area contributed by atoms with Gasteiger partial charge in [0.1, 0.15) is 0 Å². The Bertz CT molecular complexity index is 1200. The number of anilines is 1. The molecule has 0 unspecified atom stereocenters. The number of aromatic nitrogens is 3. The molecular formula is C26H29N5OS. The highest BCUT2D eigenvalue weighted by atomic mass is 32.1. The maximum absolute atomic E-state index is 12.7. The van der Waals surface area contributed by atoms with Crippen LogP contribution in [0, 0.1) is 12.8 Å². The topological polar surface area (TPSA) is 62.5 Å². The third kappa shape index (κ3) is 4.78. The zero-order chi connectivity index (χ0) is 22.8. The van der Waals surface area contributed by atoms with Crippen LogP contribution in [0.25, 0.3) is 16.2 Å². The Labute approximate surface area is 198 Å². The zero-order valence-electron chi connectivity index (χ0n) is 19.1. The molecule has 33 heavy (non-hydrogen) atoms. The molecule has 4 aromatic rings. The van der Waals surface area contributed by atoms with Crippen molar-refractivity contribution in [2.75, 3.05) is 18.0 Å². The van der Waals surface area contributed by atoms with E-state index in [0.717, 1.165) is 59.3 Å². The lowest BCUT2D eigenvalue weighted by atomic mass is 9.96. The van der Waals surface area contributed by atoms with E-state index in [4.69, 9.17) is 10.1 Å². The lowest BCUT2D eigenvalue weighted by molar-refractivity contribution is -0.125. The second-order valence-electron chi connectivity index (χ2n) is 8.75. The van der Waals surface area contributed by atoms with Crippen LogP contribution in [0.1, 0.15) is 36.5 Å². The highest BCUT2D eigenvalue weighted by molar-refractivity contribution is 7.20. The molecule has 170 valence electrons. The number of hydrogen-bond acceptors (Lipinski definition) is 5. The summed E-state index contributed by atoms with van der Waals surface area (Å²) in [6, 6.07) is 16.9. The third-order valence-electron chi connectivity index (χ3n) is 6.41. The number of carbonyl (C=O) groups is 1. The fourth-order valence-corrected chi connectivity index (χ4v) is 5.17. The van der Waals surface area contributed by atoms with Gasteiger partial charge in [0, 0.05) is 31.1 Å². The summed E-state index contributed by atoms with van der Waals surface area (Å²) < 4.78 is 1.87. The fourth-order valence-electron chi connectivity index (χ4n) is 4.24. The van der Waals surface area contributed by atoms with Gasteiger partial charge in [0.05, 0.1) is 11.9 Å². The summed E-state index contributed by atoms with van der Waals surface area (Å²) in [6.07, 6.45) is 4.71. The van der Waals surface area contributed by atoms with Crippen LogP contribution < -0.4 is 10.2 Å². The van der Waals surface area contributed by atoms with Crippen LogP contribution in [0.15, 0.2) is 54.7 Å². The van der Waals surface area contributed by atoms with Gasteiger partial charge in [-0.1, -0.05) is 72.4 Å². The minimum atomic E-state index is 0.0633. The van der Waals surface area contributed by atoms with Gasteiger partial charge < -0.3 is 10.2 Å². The Morgan fingerprint density at radius 2 is 1.76 bits per heavy atom. The van der Waals surface area contributed by atoms with Crippen LogP contribution in [0.5, 0.6) is 0 Å². The maximum Gasteiger partial charge on any atom is 0.223 e. The normalized spacial score (nSPS) is 14.7. The smallest absolute Gasteiger partial charge is 0.223 e. The maximum atomic E-state index is 12.7.